The molecule has 0 saturated carbocycles. The van der Waals surface area contributed by atoms with E-state index in [2.05, 4.69) is 4.98 Å². The van der Waals surface area contributed by atoms with Crippen molar-refractivity contribution >= 4 is 23.1 Å². The molecule has 156 valence electrons. The van der Waals surface area contributed by atoms with Crippen molar-refractivity contribution in [3.63, 3.8) is 0 Å². The van der Waals surface area contributed by atoms with Gasteiger partial charge in [-0.2, -0.15) is 13.2 Å². The summed E-state index contributed by atoms with van der Waals surface area (Å²) in [4.78, 5) is 28.3. The molecule has 0 aliphatic heterocycles. The highest BCUT2D eigenvalue weighted by molar-refractivity contribution is 7.13. The number of aliphatic carboxylic acids is 1. The zero-order valence-electron chi connectivity index (χ0n) is 15.3. The van der Waals surface area contributed by atoms with E-state index in [4.69, 9.17) is 0 Å². The second-order valence-corrected chi connectivity index (χ2v) is 7.41. The third kappa shape index (κ3) is 5.10. The zero-order valence-corrected chi connectivity index (χ0v) is 16.1. The molecule has 0 fully saturated rings. The minimum atomic E-state index is -4.73. The Morgan fingerprint density at radius 3 is 2.50 bits per heavy atom. The Balaban J connectivity index is 1.77. The summed E-state index contributed by atoms with van der Waals surface area (Å²) in [5.41, 5.74) is -0.657. The Bertz CT molecular complexity index is 1080. The van der Waals surface area contributed by atoms with E-state index in [1.807, 2.05) is 0 Å². The minimum absolute atomic E-state index is 0.232. The average Bonchev–Trinajstić information content (AvgIpc) is 3.13. The largest absolute Gasteiger partial charge is 0.481 e. The Morgan fingerprint density at radius 2 is 1.83 bits per heavy atom. The fraction of sp³-hybridized carbons (Fsp3) is 0.190. The summed E-state index contributed by atoms with van der Waals surface area (Å²) < 4.78 is 53.1. The number of ketones is 1. The molecule has 1 atom stereocenters. The number of carboxylic acid groups (broad SMARTS) is 1. The van der Waals surface area contributed by atoms with Crippen LogP contribution < -0.4 is 0 Å². The lowest BCUT2D eigenvalue weighted by Gasteiger charge is -2.18. The van der Waals surface area contributed by atoms with Gasteiger partial charge in [0.15, 0.2) is 0 Å². The van der Waals surface area contributed by atoms with Gasteiger partial charge in [-0.15, -0.1) is 11.3 Å². The molecule has 0 saturated heterocycles. The van der Waals surface area contributed by atoms with Crippen LogP contribution in [0.15, 0.2) is 53.9 Å². The van der Waals surface area contributed by atoms with Gasteiger partial charge in [0.1, 0.15) is 16.6 Å². The molecule has 30 heavy (non-hydrogen) atoms. The van der Waals surface area contributed by atoms with Gasteiger partial charge in [0, 0.05) is 23.8 Å². The summed E-state index contributed by atoms with van der Waals surface area (Å²) in [5.74, 6) is -4.14. The second kappa shape index (κ2) is 8.74. The van der Waals surface area contributed by atoms with Crippen molar-refractivity contribution in [2.45, 2.75) is 24.9 Å². The number of aromatic nitrogens is 1. The number of carboxylic acids is 1. The van der Waals surface area contributed by atoms with E-state index in [0.717, 1.165) is 18.2 Å². The molecule has 1 unspecified atom stereocenters. The van der Waals surface area contributed by atoms with Gasteiger partial charge in [0.05, 0.1) is 17.2 Å². The Kier molecular flexibility index (Phi) is 6.31. The van der Waals surface area contributed by atoms with Gasteiger partial charge in [0.2, 0.25) is 0 Å². The van der Waals surface area contributed by atoms with E-state index < -0.39 is 47.2 Å². The highest BCUT2D eigenvalue weighted by atomic mass is 32.1. The third-order valence-electron chi connectivity index (χ3n) is 4.37. The van der Waals surface area contributed by atoms with Gasteiger partial charge >= 0.3 is 12.1 Å². The summed E-state index contributed by atoms with van der Waals surface area (Å²) in [7, 11) is 0. The van der Waals surface area contributed by atoms with Gasteiger partial charge in [-0.1, -0.05) is 30.3 Å². The Morgan fingerprint density at radius 1 is 1.10 bits per heavy atom. The van der Waals surface area contributed by atoms with Crippen LogP contribution in [0.3, 0.4) is 0 Å². The monoisotopic (exact) mass is 437 g/mol. The van der Waals surface area contributed by atoms with E-state index in [1.54, 1.807) is 11.4 Å². The van der Waals surface area contributed by atoms with Crippen molar-refractivity contribution in [1.29, 1.82) is 0 Å². The van der Waals surface area contributed by atoms with Crippen LogP contribution in [0, 0.1) is 5.82 Å². The number of benzene rings is 2. The molecule has 1 N–H and O–H groups in total. The number of hydrogen-bond donors (Lipinski definition) is 1. The molecule has 0 spiro atoms. The third-order valence-corrected chi connectivity index (χ3v) is 5.31. The first-order chi connectivity index (χ1) is 14.1. The highest BCUT2D eigenvalue weighted by Gasteiger charge is 2.37. The number of thiazole rings is 1. The maximum Gasteiger partial charge on any atom is 0.416 e. The standard InChI is InChI=1S/C21H15F4NO3S/c22-13-5-3-4-12(8-13)19-26-14(11-30-19)9-15(27)10-17(20(28)29)16-6-1-2-7-18(16)21(23,24)25/h1-8,11,17H,9-10H2,(H,28,29). The molecule has 9 heteroatoms. The first-order valence-corrected chi connectivity index (χ1v) is 9.64. The fourth-order valence-electron chi connectivity index (χ4n) is 3.03. The lowest BCUT2D eigenvalue weighted by Crippen LogP contribution is -2.21. The predicted octanol–water partition coefficient (Wildman–Crippen LogP) is 5.34. The van der Waals surface area contributed by atoms with E-state index in [9.17, 15) is 32.3 Å². The number of hydrogen-bond acceptors (Lipinski definition) is 4. The normalized spacial score (nSPS) is 12.5. The number of Topliss-reactive ketones (excluding diaryl/α,β-unsaturated/α-hetero) is 1. The number of carbonyl (C=O) groups is 2. The first-order valence-electron chi connectivity index (χ1n) is 8.76. The van der Waals surface area contributed by atoms with E-state index in [1.165, 1.54) is 35.6 Å². The molecule has 4 nitrogen and oxygen atoms in total. The molecular weight excluding hydrogens is 422 g/mol. The Hall–Kier alpha value is -3.07. The van der Waals surface area contributed by atoms with Gasteiger partial charge < -0.3 is 5.11 Å². The molecule has 0 radical (unpaired) electrons. The van der Waals surface area contributed by atoms with Crippen LogP contribution in [0.4, 0.5) is 17.6 Å². The number of rotatable bonds is 7. The predicted molar refractivity (Wildman–Crippen MR) is 103 cm³/mol. The van der Waals surface area contributed by atoms with Gasteiger partial charge in [-0.05, 0) is 23.8 Å². The van der Waals surface area contributed by atoms with Gasteiger partial charge in [-0.3, -0.25) is 9.59 Å². The Labute approximate surface area is 172 Å². The molecule has 0 aliphatic carbocycles. The van der Waals surface area contributed by atoms with Gasteiger partial charge in [-0.25, -0.2) is 9.37 Å². The maximum atomic E-state index is 13.4. The van der Waals surface area contributed by atoms with Crippen LogP contribution in [0.25, 0.3) is 10.6 Å². The number of carbonyl (C=O) groups excluding carboxylic acids is 1. The van der Waals surface area contributed by atoms with E-state index in [0.29, 0.717) is 16.3 Å². The molecule has 2 aromatic carbocycles. The van der Waals surface area contributed by atoms with Crippen LogP contribution >= 0.6 is 11.3 Å². The van der Waals surface area contributed by atoms with Crippen molar-refractivity contribution in [2.24, 2.45) is 0 Å². The van der Waals surface area contributed by atoms with Crippen LogP contribution in [0.1, 0.15) is 29.2 Å². The molecule has 0 aliphatic rings. The van der Waals surface area contributed by atoms with Crippen molar-refractivity contribution in [3.05, 3.63) is 76.5 Å². The highest BCUT2D eigenvalue weighted by Crippen LogP contribution is 2.36. The van der Waals surface area contributed by atoms with E-state index >= 15 is 0 Å². The topological polar surface area (TPSA) is 67.3 Å². The van der Waals surface area contributed by atoms with E-state index in [-0.39, 0.29) is 6.42 Å². The number of halogens is 4. The molecule has 1 aromatic heterocycles. The van der Waals surface area contributed by atoms with Crippen molar-refractivity contribution in [2.75, 3.05) is 0 Å². The molecular formula is C21H15F4NO3S. The maximum absolute atomic E-state index is 13.4. The van der Waals surface area contributed by atoms with Crippen LogP contribution in [0.2, 0.25) is 0 Å². The number of alkyl halides is 3. The smallest absolute Gasteiger partial charge is 0.416 e. The molecule has 3 rings (SSSR count). The second-order valence-electron chi connectivity index (χ2n) is 6.55. The molecule has 0 bridgehead atoms. The zero-order chi connectivity index (χ0) is 21.9. The van der Waals surface area contributed by atoms with Gasteiger partial charge in [0.25, 0.3) is 0 Å². The van der Waals surface area contributed by atoms with Crippen LogP contribution in [-0.4, -0.2) is 21.8 Å². The number of nitrogens with zero attached hydrogens (tertiary/aromatic N) is 1. The van der Waals surface area contributed by atoms with Crippen LogP contribution in [-0.2, 0) is 22.2 Å². The quantitative estimate of drug-likeness (QED) is 0.507. The first kappa shape index (κ1) is 21.6. The molecule has 0 amide bonds. The SMILES string of the molecule is O=C(Cc1csc(-c2cccc(F)c2)n1)CC(C(=O)O)c1ccccc1C(F)(F)F. The average molecular weight is 437 g/mol. The summed E-state index contributed by atoms with van der Waals surface area (Å²) in [5, 5.41) is 11.5. The summed E-state index contributed by atoms with van der Waals surface area (Å²) >= 11 is 1.19. The molecule has 3 aromatic rings. The lowest BCUT2D eigenvalue weighted by molar-refractivity contribution is -0.143. The summed E-state index contributed by atoms with van der Waals surface area (Å²) in [6.07, 6.45) is -5.57. The minimum Gasteiger partial charge on any atom is -0.481 e. The summed E-state index contributed by atoms with van der Waals surface area (Å²) in [6, 6.07) is 10.1. The molecule has 1 heterocycles. The van der Waals surface area contributed by atoms with Crippen molar-refractivity contribution < 1.29 is 32.3 Å². The lowest BCUT2D eigenvalue weighted by atomic mass is 9.89. The summed E-state index contributed by atoms with van der Waals surface area (Å²) in [6.45, 7) is 0. The fourth-order valence-corrected chi connectivity index (χ4v) is 3.85. The van der Waals surface area contributed by atoms with Crippen molar-refractivity contribution in [3.8, 4) is 10.6 Å². The van der Waals surface area contributed by atoms with Crippen molar-refractivity contribution in [1.82, 2.24) is 4.98 Å². The van der Waals surface area contributed by atoms with Crippen LogP contribution in [0.5, 0.6) is 0 Å².